The molecule has 35 heavy (non-hydrogen) atoms. The van der Waals surface area contributed by atoms with Gasteiger partial charge in [0.2, 0.25) is 5.91 Å². The van der Waals surface area contributed by atoms with Gasteiger partial charge in [-0.3, -0.25) is 9.59 Å². The van der Waals surface area contributed by atoms with Gasteiger partial charge in [-0.15, -0.1) is 11.3 Å². The normalized spacial score (nSPS) is 26.6. The van der Waals surface area contributed by atoms with E-state index in [0.29, 0.717) is 37.2 Å². The molecule has 7 heteroatoms. The maximum atomic E-state index is 14.1. The molecule has 2 aliphatic rings. The molecule has 2 aromatic heterocycles. The van der Waals surface area contributed by atoms with Gasteiger partial charge in [-0.2, -0.15) is 0 Å². The Morgan fingerprint density at radius 2 is 2.03 bits per heavy atom. The molecule has 6 nitrogen and oxygen atoms in total. The van der Waals surface area contributed by atoms with Gasteiger partial charge in [0.1, 0.15) is 17.0 Å². The average Bonchev–Trinajstić information content (AvgIpc) is 3.43. The van der Waals surface area contributed by atoms with Gasteiger partial charge in [0, 0.05) is 11.6 Å². The zero-order valence-corrected chi connectivity index (χ0v) is 21.9. The van der Waals surface area contributed by atoms with Gasteiger partial charge < -0.3 is 19.5 Å². The van der Waals surface area contributed by atoms with Crippen molar-refractivity contribution in [2.75, 3.05) is 6.61 Å². The van der Waals surface area contributed by atoms with Gasteiger partial charge in [-0.1, -0.05) is 44.9 Å². The summed E-state index contributed by atoms with van der Waals surface area (Å²) in [5, 5.41) is 5.41. The van der Waals surface area contributed by atoms with E-state index in [4.69, 9.17) is 4.74 Å². The molecule has 1 N–H and O–H groups in total. The Bertz CT molecular complexity index is 1250. The molecule has 0 spiro atoms. The number of nitrogens with one attached hydrogen (secondary N) is 1. The molecule has 1 aliphatic carbocycles. The van der Waals surface area contributed by atoms with Crippen LogP contribution in [0.25, 0.3) is 10.2 Å². The molecule has 3 heterocycles. The van der Waals surface area contributed by atoms with Crippen molar-refractivity contribution < 1.29 is 14.3 Å². The summed E-state index contributed by atoms with van der Waals surface area (Å²) >= 11 is 1.62. The van der Waals surface area contributed by atoms with Crippen LogP contribution in [0.1, 0.15) is 63.0 Å². The van der Waals surface area contributed by atoms with Gasteiger partial charge in [-0.25, -0.2) is 0 Å². The van der Waals surface area contributed by atoms with E-state index in [1.807, 2.05) is 60.2 Å². The topological polar surface area (TPSA) is 63.6 Å². The predicted octanol–water partition coefficient (Wildman–Crippen LogP) is 5.46. The molecule has 5 rings (SSSR count). The summed E-state index contributed by atoms with van der Waals surface area (Å²) in [6.07, 6.45) is 3.30. The summed E-state index contributed by atoms with van der Waals surface area (Å²) in [6, 6.07) is 11.9. The zero-order chi connectivity index (χ0) is 24.7. The molecule has 4 atom stereocenters. The summed E-state index contributed by atoms with van der Waals surface area (Å²) in [7, 11) is 0. The van der Waals surface area contributed by atoms with Crippen LogP contribution in [0.2, 0.25) is 0 Å². The Morgan fingerprint density at radius 1 is 1.23 bits per heavy atom. The number of para-hydroxylation sites is 1. The number of nitrogens with zero attached hydrogens (tertiary/aromatic N) is 2. The fraction of sp³-hybridized carbons (Fsp3) is 0.500. The number of hydrogen-bond donors (Lipinski definition) is 1. The molecule has 0 unspecified atom stereocenters. The van der Waals surface area contributed by atoms with Crippen molar-refractivity contribution >= 4 is 33.4 Å². The lowest BCUT2D eigenvalue weighted by Gasteiger charge is -2.45. The first-order valence-corrected chi connectivity index (χ1v) is 13.6. The standard InChI is InChI=1S/C28H35N3O3S/c1-5-34-24-12-7-6-10-20(24)16-31-26(32)23-15-25-22(13-14-35-25)30(23)17-28(31,4)27(33)29-21-11-8-9-18(2)19(21)3/h6-7,10,12-15,18-19,21H,5,8-9,11,16-17H2,1-4H3,(H,29,33)/t18-,19+,21-,28-/m1/s1. The quantitative estimate of drug-likeness (QED) is 0.496. The minimum Gasteiger partial charge on any atom is -0.494 e. The van der Waals surface area contributed by atoms with Crippen molar-refractivity contribution in [1.29, 1.82) is 0 Å². The molecule has 3 aromatic rings. The van der Waals surface area contributed by atoms with Crippen LogP contribution in [-0.2, 0) is 17.9 Å². The summed E-state index contributed by atoms with van der Waals surface area (Å²) in [5.74, 6) is 1.54. The van der Waals surface area contributed by atoms with Crippen LogP contribution in [0.15, 0.2) is 41.8 Å². The van der Waals surface area contributed by atoms with Crippen molar-refractivity contribution in [3.8, 4) is 5.75 Å². The van der Waals surface area contributed by atoms with Crippen molar-refractivity contribution in [2.24, 2.45) is 11.8 Å². The number of carbonyl (C=O) groups is 2. The maximum Gasteiger partial charge on any atom is 0.271 e. The monoisotopic (exact) mass is 493 g/mol. The van der Waals surface area contributed by atoms with Crippen LogP contribution in [0.5, 0.6) is 5.75 Å². The number of amides is 2. The van der Waals surface area contributed by atoms with E-state index in [1.54, 1.807) is 16.2 Å². The van der Waals surface area contributed by atoms with Crippen molar-refractivity contribution in [2.45, 2.75) is 71.6 Å². The summed E-state index contributed by atoms with van der Waals surface area (Å²) in [4.78, 5) is 29.8. The second-order valence-corrected chi connectivity index (χ2v) is 11.3. The largest absolute Gasteiger partial charge is 0.494 e. The number of aromatic nitrogens is 1. The van der Waals surface area contributed by atoms with Gasteiger partial charge in [0.25, 0.3) is 5.91 Å². The SMILES string of the molecule is CCOc1ccccc1CN1C(=O)c2cc3sccc3n2C[C@]1(C)C(=O)N[C@@H]1CCC[C@@H](C)[C@@H]1C. The van der Waals surface area contributed by atoms with E-state index >= 15 is 0 Å². The second kappa shape index (κ2) is 9.34. The fourth-order valence-electron chi connectivity index (χ4n) is 5.73. The van der Waals surface area contributed by atoms with E-state index in [0.717, 1.165) is 34.4 Å². The highest BCUT2D eigenvalue weighted by molar-refractivity contribution is 7.17. The predicted molar refractivity (Wildman–Crippen MR) is 140 cm³/mol. The molecular formula is C28H35N3O3S. The van der Waals surface area contributed by atoms with Crippen LogP contribution < -0.4 is 10.1 Å². The highest BCUT2D eigenvalue weighted by atomic mass is 32.1. The number of ether oxygens (including phenoxy) is 1. The Hall–Kier alpha value is -2.80. The number of fused-ring (bicyclic) bond motifs is 3. The zero-order valence-electron chi connectivity index (χ0n) is 21.0. The molecule has 1 aliphatic heterocycles. The maximum absolute atomic E-state index is 14.1. The van der Waals surface area contributed by atoms with E-state index < -0.39 is 5.54 Å². The van der Waals surface area contributed by atoms with Crippen molar-refractivity contribution in [3.63, 3.8) is 0 Å². The summed E-state index contributed by atoms with van der Waals surface area (Å²) < 4.78 is 8.96. The van der Waals surface area contributed by atoms with E-state index in [2.05, 4.69) is 19.2 Å². The third-order valence-corrected chi connectivity index (χ3v) is 9.02. The number of thiophene rings is 1. The van der Waals surface area contributed by atoms with Gasteiger partial charge in [0.05, 0.1) is 29.9 Å². The van der Waals surface area contributed by atoms with Gasteiger partial charge >= 0.3 is 0 Å². The second-order valence-electron chi connectivity index (χ2n) is 10.3. The lowest BCUT2D eigenvalue weighted by molar-refractivity contribution is -0.134. The minimum absolute atomic E-state index is 0.0755. The Kier molecular flexibility index (Phi) is 6.38. The van der Waals surface area contributed by atoms with Crippen LogP contribution in [0.3, 0.4) is 0 Å². The molecule has 1 saturated carbocycles. The number of benzene rings is 1. The average molecular weight is 494 g/mol. The molecule has 0 bridgehead atoms. The number of rotatable bonds is 6. The van der Waals surface area contributed by atoms with E-state index in [1.165, 1.54) is 6.42 Å². The Labute approximate surface area is 211 Å². The highest BCUT2D eigenvalue weighted by Crippen LogP contribution is 2.37. The lowest BCUT2D eigenvalue weighted by atomic mass is 9.77. The molecule has 1 fully saturated rings. The molecule has 1 aromatic carbocycles. The summed E-state index contributed by atoms with van der Waals surface area (Å²) in [5.41, 5.74) is 1.54. The van der Waals surface area contributed by atoms with Crippen molar-refractivity contribution in [1.82, 2.24) is 14.8 Å². The Morgan fingerprint density at radius 3 is 2.83 bits per heavy atom. The molecule has 0 radical (unpaired) electrons. The molecular weight excluding hydrogens is 458 g/mol. The smallest absolute Gasteiger partial charge is 0.271 e. The van der Waals surface area contributed by atoms with E-state index in [-0.39, 0.29) is 17.9 Å². The molecule has 186 valence electrons. The molecule has 0 saturated heterocycles. The molecule has 2 amide bonds. The Balaban J connectivity index is 1.53. The third kappa shape index (κ3) is 4.14. The number of carbonyl (C=O) groups excluding carboxylic acids is 2. The van der Waals surface area contributed by atoms with Crippen LogP contribution in [0, 0.1) is 11.8 Å². The van der Waals surface area contributed by atoms with Crippen LogP contribution in [-0.4, -0.2) is 39.5 Å². The minimum atomic E-state index is -1.03. The van der Waals surface area contributed by atoms with E-state index in [9.17, 15) is 9.59 Å². The fourth-order valence-corrected chi connectivity index (χ4v) is 6.55. The van der Waals surface area contributed by atoms with Crippen LogP contribution >= 0.6 is 11.3 Å². The first-order chi connectivity index (χ1) is 16.8. The summed E-state index contributed by atoms with van der Waals surface area (Å²) in [6.45, 7) is 9.65. The van der Waals surface area contributed by atoms with Crippen LogP contribution in [0.4, 0.5) is 0 Å². The highest BCUT2D eigenvalue weighted by Gasteiger charge is 2.49. The first kappa shape index (κ1) is 23.9. The number of hydrogen-bond acceptors (Lipinski definition) is 4. The first-order valence-electron chi connectivity index (χ1n) is 12.7. The lowest BCUT2D eigenvalue weighted by Crippen LogP contribution is -2.65. The van der Waals surface area contributed by atoms with Gasteiger partial charge in [0.15, 0.2) is 0 Å². The third-order valence-electron chi connectivity index (χ3n) is 8.16. The van der Waals surface area contributed by atoms with Crippen molar-refractivity contribution in [3.05, 3.63) is 53.0 Å². The van der Waals surface area contributed by atoms with Gasteiger partial charge in [-0.05, 0) is 55.7 Å².